The van der Waals surface area contributed by atoms with Crippen molar-refractivity contribution >= 4 is 21.8 Å². The molecule has 0 bridgehead atoms. The highest BCUT2D eigenvalue weighted by molar-refractivity contribution is 5.91. The molecule has 7 nitrogen and oxygen atoms in total. The van der Waals surface area contributed by atoms with Gasteiger partial charge in [-0.2, -0.15) is 26.3 Å². The predicted molar refractivity (Wildman–Crippen MR) is 217 cm³/mol. The van der Waals surface area contributed by atoms with Crippen LogP contribution >= 0.6 is 0 Å². The second-order valence-corrected chi connectivity index (χ2v) is 15.0. The third-order valence-corrected chi connectivity index (χ3v) is 9.90. The van der Waals surface area contributed by atoms with E-state index in [-0.39, 0.29) is 51.0 Å². The predicted octanol–water partition coefficient (Wildman–Crippen LogP) is 13.5. The average Bonchev–Trinajstić information content (AvgIpc) is 3.22. The highest BCUT2D eigenvalue weighted by Crippen LogP contribution is 2.46. The summed E-state index contributed by atoms with van der Waals surface area (Å²) in [5, 5.41) is 1.21. The molecular formula is C47H34F6N4O3. The molecule has 0 saturated heterocycles. The number of fused-ring (bicyclic) bond motifs is 2. The number of rotatable bonds is 8. The molecule has 302 valence electrons. The summed E-state index contributed by atoms with van der Waals surface area (Å²) in [6.45, 7) is 6.17. The van der Waals surface area contributed by atoms with Gasteiger partial charge in [-0.15, -0.1) is 0 Å². The Bertz CT molecular complexity index is 2870. The minimum atomic E-state index is -4.79. The Labute approximate surface area is 340 Å². The van der Waals surface area contributed by atoms with Crippen LogP contribution in [-0.2, 0) is 17.8 Å². The minimum absolute atomic E-state index is 0.0442. The fraction of sp³-hybridized carbons (Fsp3) is 0.149. The molecule has 4 aromatic heterocycles. The van der Waals surface area contributed by atoms with Gasteiger partial charge in [0, 0.05) is 58.2 Å². The van der Waals surface area contributed by atoms with Crippen molar-refractivity contribution in [2.24, 2.45) is 0 Å². The average molecular weight is 817 g/mol. The summed E-state index contributed by atoms with van der Waals surface area (Å²) >= 11 is 0. The molecule has 0 fully saturated rings. The number of alkyl halides is 6. The van der Waals surface area contributed by atoms with E-state index >= 15 is 0 Å². The lowest BCUT2D eigenvalue weighted by atomic mass is 9.86. The number of ether oxygens (including phenoxy) is 3. The van der Waals surface area contributed by atoms with E-state index in [0.29, 0.717) is 38.7 Å². The van der Waals surface area contributed by atoms with Crippen molar-refractivity contribution in [1.29, 1.82) is 0 Å². The molecule has 13 heteroatoms. The lowest BCUT2D eigenvalue weighted by molar-refractivity contribution is -0.138. The van der Waals surface area contributed by atoms with Crippen molar-refractivity contribution < 1.29 is 40.6 Å². The van der Waals surface area contributed by atoms with Gasteiger partial charge in [0.2, 0.25) is 11.8 Å². The van der Waals surface area contributed by atoms with Gasteiger partial charge in [0.05, 0.1) is 35.0 Å². The molecule has 0 atom stereocenters. The van der Waals surface area contributed by atoms with Crippen molar-refractivity contribution in [3.8, 4) is 62.5 Å². The summed E-state index contributed by atoms with van der Waals surface area (Å²) in [6.07, 6.45) is -4.84. The number of hydrogen-bond acceptors (Lipinski definition) is 7. The quantitative estimate of drug-likeness (QED) is 0.141. The Hall–Kier alpha value is -7.02. The monoisotopic (exact) mass is 816 g/mol. The molecule has 0 spiro atoms. The van der Waals surface area contributed by atoms with Crippen molar-refractivity contribution in [2.75, 3.05) is 7.11 Å². The molecular weight excluding hydrogens is 783 g/mol. The molecule has 0 aliphatic rings. The summed E-state index contributed by atoms with van der Waals surface area (Å²) in [5.74, 6) is 0.279. The molecule has 4 aromatic carbocycles. The maximum atomic E-state index is 14.7. The normalized spacial score (nSPS) is 12.2. The third kappa shape index (κ3) is 8.28. The molecule has 0 radical (unpaired) electrons. The fourth-order valence-corrected chi connectivity index (χ4v) is 6.72. The summed E-state index contributed by atoms with van der Waals surface area (Å²) in [6, 6.07) is 28.9. The van der Waals surface area contributed by atoms with Gasteiger partial charge < -0.3 is 14.2 Å². The Morgan fingerprint density at radius 3 is 1.77 bits per heavy atom. The SMILES string of the molecule is COc1ccc(-c2c(Oc3ccc4cnccc4n3)cc(C(F)(F)F)cc2-c2cc3nc(Oc4cc(C(F)(F)F)ccc4-c4ccc(C(C)(C)C)cc4)ccc3cn2)cc1. The molecule has 8 aromatic rings. The van der Waals surface area contributed by atoms with Crippen LogP contribution in [0.3, 0.4) is 0 Å². The van der Waals surface area contributed by atoms with Crippen LogP contribution in [0, 0.1) is 0 Å². The van der Waals surface area contributed by atoms with Crippen molar-refractivity contribution in [3.63, 3.8) is 0 Å². The van der Waals surface area contributed by atoms with Gasteiger partial charge in [0.25, 0.3) is 0 Å². The van der Waals surface area contributed by atoms with Crippen LogP contribution in [0.2, 0.25) is 0 Å². The Kier molecular flexibility index (Phi) is 10.1. The third-order valence-electron chi connectivity index (χ3n) is 9.90. The fourth-order valence-electron chi connectivity index (χ4n) is 6.72. The maximum Gasteiger partial charge on any atom is 0.416 e. The van der Waals surface area contributed by atoms with Gasteiger partial charge >= 0.3 is 12.4 Å². The first-order valence-electron chi connectivity index (χ1n) is 18.6. The van der Waals surface area contributed by atoms with Crippen molar-refractivity contribution in [3.05, 3.63) is 151 Å². The lowest BCUT2D eigenvalue weighted by Gasteiger charge is -2.20. The smallest absolute Gasteiger partial charge is 0.416 e. The molecule has 0 aliphatic heterocycles. The van der Waals surface area contributed by atoms with Gasteiger partial charge in [-0.1, -0.05) is 63.2 Å². The molecule has 0 N–H and O–H groups in total. The Morgan fingerprint density at radius 2 is 1.12 bits per heavy atom. The second-order valence-electron chi connectivity index (χ2n) is 15.0. The lowest BCUT2D eigenvalue weighted by Crippen LogP contribution is -2.10. The van der Waals surface area contributed by atoms with E-state index in [9.17, 15) is 26.3 Å². The van der Waals surface area contributed by atoms with Crippen LogP contribution in [0.15, 0.2) is 134 Å². The maximum absolute atomic E-state index is 14.7. The molecule has 4 heterocycles. The highest BCUT2D eigenvalue weighted by Gasteiger charge is 2.34. The summed E-state index contributed by atoms with van der Waals surface area (Å²) in [7, 11) is 1.50. The first-order valence-corrected chi connectivity index (χ1v) is 18.6. The van der Waals surface area contributed by atoms with Crippen LogP contribution in [0.1, 0.15) is 37.5 Å². The van der Waals surface area contributed by atoms with Gasteiger partial charge in [-0.3, -0.25) is 9.97 Å². The van der Waals surface area contributed by atoms with E-state index < -0.39 is 23.5 Å². The van der Waals surface area contributed by atoms with Crippen LogP contribution in [-0.4, -0.2) is 27.0 Å². The first kappa shape index (κ1) is 39.8. The van der Waals surface area contributed by atoms with E-state index in [1.807, 2.05) is 24.3 Å². The number of halogens is 6. The van der Waals surface area contributed by atoms with Crippen molar-refractivity contribution in [1.82, 2.24) is 19.9 Å². The summed E-state index contributed by atoms with van der Waals surface area (Å²) in [5.41, 5.74) is 1.70. The molecule has 0 amide bonds. The topological polar surface area (TPSA) is 79.2 Å². The zero-order valence-electron chi connectivity index (χ0n) is 32.5. The number of pyridine rings is 4. The number of hydrogen-bond donors (Lipinski definition) is 0. The molecule has 60 heavy (non-hydrogen) atoms. The zero-order valence-corrected chi connectivity index (χ0v) is 32.5. The first-order chi connectivity index (χ1) is 28.5. The number of benzene rings is 4. The number of nitrogens with zero attached hydrogens (tertiary/aromatic N) is 4. The minimum Gasteiger partial charge on any atom is -0.497 e. The van der Waals surface area contributed by atoms with Crippen molar-refractivity contribution in [2.45, 2.75) is 38.5 Å². The van der Waals surface area contributed by atoms with Gasteiger partial charge in [-0.25, -0.2) is 9.97 Å². The van der Waals surface area contributed by atoms with E-state index in [4.69, 9.17) is 14.2 Å². The standard InChI is InChI=1S/C47H34F6N4O3/c1-45(2,3)31-11-5-27(6-12-31)35-16-13-32(46(48,49)50)22-40(35)59-43-18-10-30-26-55-39(24-38(30)57-43)36-21-33(47(51,52)53)23-41(44(36)28-7-14-34(58-4)15-8-28)60-42-17-9-29-25-54-20-19-37(29)56-42/h5-26H,1-4H3. The number of aromatic nitrogens is 4. The van der Waals surface area contributed by atoms with Crippen LogP contribution < -0.4 is 14.2 Å². The summed E-state index contributed by atoms with van der Waals surface area (Å²) in [4.78, 5) is 17.8. The number of methoxy groups -OCH3 is 1. The van der Waals surface area contributed by atoms with E-state index in [1.165, 1.54) is 37.6 Å². The largest absolute Gasteiger partial charge is 0.497 e. The Morgan fingerprint density at radius 1 is 0.517 bits per heavy atom. The molecule has 0 aliphatic carbocycles. The second kappa shape index (κ2) is 15.3. The summed E-state index contributed by atoms with van der Waals surface area (Å²) < 4.78 is 104. The highest BCUT2D eigenvalue weighted by atomic mass is 19.4. The van der Waals surface area contributed by atoms with E-state index in [2.05, 4.69) is 40.7 Å². The molecule has 0 unspecified atom stereocenters. The zero-order chi connectivity index (χ0) is 42.4. The van der Waals surface area contributed by atoms with Crippen LogP contribution in [0.25, 0.3) is 55.3 Å². The van der Waals surface area contributed by atoms with E-state index in [1.54, 1.807) is 54.9 Å². The van der Waals surface area contributed by atoms with Gasteiger partial charge in [0.1, 0.15) is 17.2 Å². The van der Waals surface area contributed by atoms with Crippen LogP contribution in [0.5, 0.6) is 29.0 Å². The van der Waals surface area contributed by atoms with Gasteiger partial charge in [-0.05, 0) is 82.8 Å². The van der Waals surface area contributed by atoms with Crippen LogP contribution in [0.4, 0.5) is 26.3 Å². The van der Waals surface area contributed by atoms with Gasteiger partial charge in [0.15, 0.2) is 0 Å². The Balaban J connectivity index is 1.25. The van der Waals surface area contributed by atoms with E-state index in [0.717, 1.165) is 29.8 Å². The molecule has 8 rings (SSSR count). The molecule has 0 saturated carbocycles.